The summed E-state index contributed by atoms with van der Waals surface area (Å²) in [5.74, 6) is -15.9. The highest BCUT2D eigenvalue weighted by atomic mass is 19.4. The van der Waals surface area contributed by atoms with E-state index >= 15 is 0 Å². The molecule has 0 spiro atoms. The van der Waals surface area contributed by atoms with Crippen LogP contribution in [0, 0.1) is 5.82 Å². The molecule has 0 atom stereocenters. The third-order valence-corrected chi connectivity index (χ3v) is 4.34. The number of aromatic nitrogens is 1. The monoisotopic (exact) mass is 460 g/mol. The molecular weight excluding hydrogens is 448 g/mol. The van der Waals surface area contributed by atoms with Gasteiger partial charge in [-0.3, -0.25) is 4.79 Å². The van der Waals surface area contributed by atoms with Crippen molar-refractivity contribution in [3.8, 4) is 22.5 Å². The lowest BCUT2D eigenvalue weighted by molar-refractivity contribution is -0.343. The van der Waals surface area contributed by atoms with Gasteiger partial charge in [0, 0.05) is 16.8 Å². The lowest BCUT2D eigenvalue weighted by Crippen LogP contribution is -2.57. The van der Waals surface area contributed by atoms with E-state index in [1.165, 1.54) is 47.8 Å². The Bertz CT molecular complexity index is 1130. The summed E-state index contributed by atoms with van der Waals surface area (Å²) in [5, 5.41) is 1.38. The largest absolute Gasteiger partial charge is 0.460 e. The second-order valence-electron chi connectivity index (χ2n) is 6.60. The van der Waals surface area contributed by atoms with E-state index in [2.05, 4.69) is 4.98 Å². The first-order valence-corrected chi connectivity index (χ1v) is 8.80. The molecule has 11 heteroatoms. The summed E-state index contributed by atoms with van der Waals surface area (Å²) in [6.45, 7) is 0. The molecule has 2 aromatic carbocycles. The van der Waals surface area contributed by atoms with E-state index in [-0.39, 0.29) is 11.3 Å². The van der Waals surface area contributed by atoms with Crippen LogP contribution in [0.5, 0.6) is 0 Å². The summed E-state index contributed by atoms with van der Waals surface area (Å²) < 4.78 is 103. The second kappa shape index (κ2) is 8.21. The van der Waals surface area contributed by atoms with Crippen molar-refractivity contribution in [1.82, 2.24) is 4.98 Å². The van der Waals surface area contributed by atoms with Gasteiger partial charge >= 0.3 is 23.9 Å². The van der Waals surface area contributed by atoms with Crippen molar-refractivity contribution < 1.29 is 39.9 Å². The Labute approximate surface area is 175 Å². The number of hydrogen-bond acceptors (Lipinski definition) is 2. The van der Waals surface area contributed by atoms with Gasteiger partial charge in [-0.2, -0.15) is 30.7 Å². The quantitative estimate of drug-likeness (QED) is 0.453. The zero-order valence-corrected chi connectivity index (χ0v) is 15.7. The molecular formula is C21H12F8N2O. The van der Waals surface area contributed by atoms with Crippen molar-refractivity contribution in [3.05, 3.63) is 72.5 Å². The fraction of sp³-hybridized carbons (Fsp3) is 0.143. The molecule has 0 saturated carbocycles. The summed E-state index contributed by atoms with van der Waals surface area (Å²) >= 11 is 0. The van der Waals surface area contributed by atoms with Crippen LogP contribution in [0.4, 0.5) is 40.8 Å². The number of benzene rings is 2. The van der Waals surface area contributed by atoms with E-state index < -0.39 is 35.4 Å². The smallest absolute Gasteiger partial charge is 0.321 e. The maximum Gasteiger partial charge on any atom is 0.460 e. The van der Waals surface area contributed by atoms with Crippen LogP contribution in [-0.4, -0.2) is 28.9 Å². The van der Waals surface area contributed by atoms with E-state index in [9.17, 15) is 39.9 Å². The van der Waals surface area contributed by atoms with E-state index in [0.29, 0.717) is 11.3 Å². The van der Waals surface area contributed by atoms with Crippen LogP contribution >= 0.6 is 0 Å². The highest BCUT2D eigenvalue weighted by Gasteiger charge is 2.76. The minimum atomic E-state index is -6.62. The van der Waals surface area contributed by atoms with Crippen molar-refractivity contribution in [3.63, 3.8) is 0 Å². The minimum absolute atomic E-state index is 0.248. The maximum atomic E-state index is 13.5. The van der Waals surface area contributed by atoms with Crippen LogP contribution in [0.3, 0.4) is 0 Å². The fourth-order valence-electron chi connectivity index (χ4n) is 2.66. The van der Waals surface area contributed by atoms with Crippen LogP contribution in [0.2, 0.25) is 0 Å². The van der Waals surface area contributed by atoms with Crippen LogP contribution in [0.15, 0.2) is 66.7 Å². The molecule has 0 aliphatic rings. The van der Waals surface area contributed by atoms with Gasteiger partial charge in [0.25, 0.3) is 0 Å². The molecule has 0 radical (unpaired) electrons. The van der Waals surface area contributed by atoms with Crippen LogP contribution < -0.4 is 5.32 Å². The first-order chi connectivity index (χ1) is 14.8. The highest BCUT2D eigenvalue weighted by molar-refractivity contribution is 5.97. The third-order valence-electron chi connectivity index (χ3n) is 4.34. The van der Waals surface area contributed by atoms with Crippen LogP contribution in [-0.2, 0) is 4.79 Å². The van der Waals surface area contributed by atoms with Gasteiger partial charge in [0.2, 0.25) is 0 Å². The average molecular weight is 460 g/mol. The molecule has 0 bridgehead atoms. The number of halogens is 8. The summed E-state index contributed by atoms with van der Waals surface area (Å²) in [4.78, 5) is 15.9. The highest BCUT2D eigenvalue weighted by Crippen LogP contribution is 2.47. The van der Waals surface area contributed by atoms with E-state index in [1.54, 1.807) is 12.1 Å². The molecule has 0 saturated heterocycles. The number of nitrogens with zero attached hydrogens (tertiary/aromatic N) is 1. The number of carbonyl (C=O) groups excluding carboxylic acids is 1. The van der Waals surface area contributed by atoms with Gasteiger partial charge < -0.3 is 5.32 Å². The molecule has 0 unspecified atom stereocenters. The molecule has 1 heterocycles. The number of amides is 1. The molecule has 0 aliphatic heterocycles. The predicted octanol–water partition coefficient (Wildman–Crippen LogP) is 6.33. The molecule has 0 fully saturated rings. The van der Waals surface area contributed by atoms with E-state index in [0.717, 1.165) is 12.1 Å². The molecule has 1 aromatic heterocycles. The Morgan fingerprint density at radius 1 is 0.750 bits per heavy atom. The van der Waals surface area contributed by atoms with Gasteiger partial charge in [-0.15, -0.1) is 0 Å². The van der Waals surface area contributed by atoms with E-state index in [4.69, 9.17) is 0 Å². The lowest BCUT2D eigenvalue weighted by Gasteiger charge is -2.27. The predicted molar refractivity (Wildman–Crippen MR) is 99.6 cm³/mol. The van der Waals surface area contributed by atoms with Crippen molar-refractivity contribution in [2.45, 2.75) is 18.0 Å². The number of carbonyl (C=O) groups is 1. The number of rotatable bonds is 5. The van der Waals surface area contributed by atoms with Gasteiger partial charge in [-0.05, 0) is 48.5 Å². The molecule has 32 heavy (non-hydrogen) atoms. The van der Waals surface area contributed by atoms with E-state index in [1.807, 2.05) is 0 Å². The Hall–Kier alpha value is -3.50. The Kier molecular flexibility index (Phi) is 5.94. The second-order valence-corrected chi connectivity index (χ2v) is 6.60. The molecule has 3 rings (SSSR count). The Balaban J connectivity index is 1.87. The first kappa shape index (κ1) is 23.2. The molecule has 3 aromatic rings. The molecule has 1 amide bonds. The molecule has 3 nitrogen and oxygen atoms in total. The molecule has 1 N–H and O–H groups in total. The SMILES string of the molecule is O=C(Nc1cccc(-c2cccc(-c3ccc(F)cc3)n2)c1)C(F)(F)C(F)(F)C(F)(F)F. The number of pyridine rings is 1. The Morgan fingerprint density at radius 2 is 1.31 bits per heavy atom. The van der Waals surface area contributed by atoms with Crippen molar-refractivity contribution in [1.29, 1.82) is 0 Å². The summed E-state index contributed by atoms with van der Waals surface area (Å²) in [5.41, 5.74) is 1.06. The van der Waals surface area contributed by atoms with Crippen molar-refractivity contribution in [2.24, 2.45) is 0 Å². The topological polar surface area (TPSA) is 42.0 Å². The third kappa shape index (κ3) is 4.41. The van der Waals surface area contributed by atoms with Crippen molar-refractivity contribution in [2.75, 3.05) is 5.32 Å². The molecule has 0 aliphatic carbocycles. The zero-order valence-electron chi connectivity index (χ0n) is 15.7. The lowest BCUT2D eigenvalue weighted by atomic mass is 10.1. The number of anilines is 1. The summed E-state index contributed by atoms with van der Waals surface area (Å²) in [6, 6.07) is 14.9. The van der Waals surface area contributed by atoms with Crippen LogP contribution in [0.1, 0.15) is 0 Å². The van der Waals surface area contributed by atoms with Gasteiger partial charge in [0.1, 0.15) is 5.82 Å². The van der Waals surface area contributed by atoms with Crippen molar-refractivity contribution >= 4 is 11.6 Å². The minimum Gasteiger partial charge on any atom is -0.321 e. The fourth-order valence-corrected chi connectivity index (χ4v) is 2.66. The van der Waals surface area contributed by atoms with Crippen LogP contribution in [0.25, 0.3) is 22.5 Å². The maximum absolute atomic E-state index is 13.5. The van der Waals surface area contributed by atoms with Gasteiger partial charge in [-0.1, -0.05) is 18.2 Å². The number of hydrogen-bond donors (Lipinski definition) is 1. The standard InChI is InChI=1S/C21H12F8N2O/c22-14-9-7-12(8-10-14)16-5-2-6-17(31-16)13-3-1-4-15(11-13)30-18(32)19(23,24)20(25,26)21(27,28)29/h1-11H,(H,30,32). The van der Waals surface area contributed by atoms with Gasteiger partial charge in [0.05, 0.1) is 11.4 Å². The number of alkyl halides is 7. The first-order valence-electron chi connectivity index (χ1n) is 8.80. The summed E-state index contributed by atoms with van der Waals surface area (Å²) in [6.07, 6.45) is -6.62. The van der Waals surface area contributed by atoms with Gasteiger partial charge in [-0.25, -0.2) is 9.37 Å². The van der Waals surface area contributed by atoms with Gasteiger partial charge in [0.15, 0.2) is 0 Å². The summed E-state index contributed by atoms with van der Waals surface area (Å²) in [7, 11) is 0. The average Bonchev–Trinajstić information content (AvgIpc) is 2.73. The zero-order chi connectivity index (χ0) is 23.7. The normalized spacial score (nSPS) is 12.5. The number of nitrogens with one attached hydrogen (secondary N) is 1. The molecule has 168 valence electrons. The Morgan fingerprint density at radius 3 is 1.91 bits per heavy atom.